The first kappa shape index (κ1) is 14.6. The number of unbranched alkanes of at least 4 members (excludes halogenated alkanes) is 2. The third kappa shape index (κ3) is 3.11. The third-order valence-corrected chi connectivity index (χ3v) is 3.94. The largest absolute Gasteiger partial charge is 0.264 e. The Kier molecular flexibility index (Phi) is 4.69. The summed E-state index contributed by atoms with van der Waals surface area (Å²) in [6.45, 7) is 3.21. The van der Waals surface area contributed by atoms with Crippen LogP contribution in [0.1, 0.15) is 26.2 Å². The Morgan fingerprint density at radius 2 is 1.45 bits per heavy atom. The van der Waals surface area contributed by atoms with Gasteiger partial charge < -0.3 is 0 Å². The van der Waals surface area contributed by atoms with E-state index >= 15 is 0 Å². The van der Waals surface area contributed by atoms with E-state index in [0.717, 1.165) is 6.54 Å². The predicted octanol–water partition coefficient (Wildman–Crippen LogP) is 5.41. The van der Waals surface area contributed by atoms with E-state index in [4.69, 9.17) is 0 Å². The summed E-state index contributed by atoms with van der Waals surface area (Å²) in [5.41, 5.74) is 4.89. The highest BCUT2D eigenvalue weighted by molar-refractivity contribution is 5.80. The van der Waals surface area contributed by atoms with Crippen molar-refractivity contribution in [2.45, 2.75) is 32.7 Å². The Labute approximate surface area is 132 Å². The highest BCUT2D eigenvalue weighted by atomic mass is 15.3. The van der Waals surface area contributed by atoms with Gasteiger partial charge in [0.1, 0.15) is 0 Å². The molecule has 0 saturated carbocycles. The first-order valence-electron chi connectivity index (χ1n) is 8.07. The van der Waals surface area contributed by atoms with Crippen molar-refractivity contribution in [3.8, 4) is 22.4 Å². The van der Waals surface area contributed by atoms with Crippen LogP contribution >= 0.6 is 0 Å². The Hall–Kier alpha value is -2.35. The molecule has 2 aromatic carbocycles. The van der Waals surface area contributed by atoms with Crippen LogP contribution in [0.4, 0.5) is 0 Å². The van der Waals surface area contributed by atoms with Crippen LogP contribution in [-0.4, -0.2) is 9.78 Å². The summed E-state index contributed by atoms with van der Waals surface area (Å²) in [7, 11) is 0. The molecule has 0 fully saturated rings. The van der Waals surface area contributed by atoms with E-state index in [1.807, 2.05) is 6.20 Å². The van der Waals surface area contributed by atoms with Gasteiger partial charge in [0.2, 0.25) is 0 Å². The quantitative estimate of drug-likeness (QED) is 0.555. The monoisotopic (exact) mass is 290 g/mol. The second-order valence-corrected chi connectivity index (χ2v) is 5.57. The molecular formula is C20H22N2. The molecule has 0 saturated heterocycles. The lowest BCUT2D eigenvalue weighted by Crippen LogP contribution is -2.02. The van der Waals surface area contributed by atoms with Gasteiger partial charge in [-0.1, -0.05) is 80.4 Å². The van der Waals surface area contributed by atoms with Crippen molar-refractivity contribution in [1.82, 2.24) is 9.78 Å². The van der Waals surface area contributed by atoms with Crippen LogP contribution in [0.25, 0.3) is 22.4 Å². The van der Waals surface area contributed by atoms with Crippen LogP contribution in [0.3, 0.4) is 0 Å². The number of hydrogen-bond acceptors (Lipinski definition) is 1. The van der Waals surface area contributed by atoms with Gasteiger partial charge in [-0.05, 0) is 12.0 Å². The van der Waals surface area contributed by atoms with E-state index in [1.165, 1.54) is 41.6 Å². The van der Waals surface area contributed by atoms with E-state index < -0.39 is 0 Å². The van der Waals surface area contributed by atoms with Crippen molar-refractivity contribution < 1.29 is 0 Å². The highest BCUT2D eigenvalue weighted by Crippen LogP contribution is 2.32. The number of rotatable bonds is 6. The van der Waals surface area contributed by atoms with Gasteiger partial charge in [0.25, 0.3) is 0 Å². The molecule has 0 amide bonds. The average molecular weight is 290 g/mol. The number of hydrogen-bond donors (Lipinski definition) is 0. The molecule has 0 radical (unpaired) electrons. The molecular weight excluding hydrogens is 268 g/mol. The maximum absolute atomic E-state index is 4.66. The van der Waals surface area contributed by atoms with Gasteiger partial charge >= 0.3 is 0 Å². The van der Waals surface area contributed by atoms with Crippen molar-refractivity contribution >= 4 is 0 Å². The predicted molar refractivity (Wildman–Crippen MR) is 92.6 cm³/mol. The summed E-state index contributed by atoms with van der Waals surface area (Å²) in [4.78, 5) is 0. The zero-order valence-corrected chi connectivity index (χ0v) is 13.1. The SMILES string of the molecule is CCCCCn1ncc(-c2ccccc2)c1-c1ccccc1. The summed E-state index contributed by atoms with van der Waals surface area (Å²) in [5.74, 6) is 0. The molecule has 2 nitrogen and oxygen atoms in total. The molecule has 0 aliphatic rings. The normalized spacial score (nSPS) is 10.8. The molecule has 0 unspecified atom stereocenters. The van der Waals surface area contributed by atoms with Crippen molar-refractivity contribution in [2.75, 3.05) is 0 Å². The smallest absolute Gasteiger partial charge is 0.0760 e. The third-order valence-electron chi connectivity index (χ3n) is 3.94. The van der Waals surface area contributed by atoms with Gasteiger partial charge in [-0.25, -0.2) is 0 Å². The van der Waals surface area contributed by atoms with E-state index in [2.05, 4.69) is 77.4 Å². The molecule has 0 atom stereocenters. The van der Waals surface area contributed by atoms with Crippen LogP contribution in [-0.2, 0) is 6.54 Å². The lowest BCUT2D eigenvalue weighted by atomic mass is 10.0. The molecule has 1 aromatic heterocycles. The number of nitrogens with zero attached hydrogens (tertiary/aromatic N) is 2. The van der Waals surface area contributed by atoms with Crippen LogP contribution in [0.2, 0.25) is 0 Å². The summed E-state index contributed by atoms with van der Waals surface area (Å²) >= 11 is 0. The van der Waals surface area contributed by atoms with Crippen LogP contribution < -0.4 is 0 Å². The van der Waals surface area contributed by atoms with Crippen molar-refractivity contribution in [3.05, 3.63) is 66.9 Å². The van der Waals surface area contributed by atoms with Crippen LogP contribution in [0.5, 0.6) is 0 Å². The molecule has 0 N–H and O–H groups in total. The molecule has 3 rings (SSSR count). The molecule has 1 heterocycles. The highest BCUT2D eigenvalue weighted by Gasteiger charge is 2.13. The lowest BCUT2D eigenvalue weighted by Gasteiger charge is -2.10. The van der Waals surface area contributed by atoms with Crippen molar-refractivity contribution in [1.29, 1.82) is 0 Å². The Morgan fingerprint density at radius 3 is 2.09 bits per heavy atom. The Morgan fingerprint density at radius 1 is 0.818 bits per heavy atom. The summed E-state index contributed by atoms with van der Waals surface area (Å²) in [6.07, 6.45) is 5.65. The van der Waals surface area contributed by atoms with E-state index in [-0.39, 0.29) is 0 Å². The number of aryl methyl sites for hydroxylation is 1. The van der Waals surface area contributed by atoms with Gasteiger partial charge in [-0.15, -0.1) is 0 Å². The summed E-state index contributed by atoms with van der Waals surface area (Å²) < 4.78 is 2.16. The van der Waals surface area contributed by atoms with Crippen molar-refractivity contribution in [3.63, 3.8) is 0 Å². The second kappa shape index (κ2) is 7.08. The zero-order valence-electron chi connectivity index (χ0n) is 13.1. The van der Waals surface area contributed by atoms with Gasteiger partial charge in [-0.3, -0.25) is 4.68 Å². The van der Waals surface area contributed by atoms with Gasteiger partial charge in [0.15, 0.2) is 0 Å². The standard InChI is InChI=1S/C20H22N2/c1-2-3-10-15-22-20(18-13-8-5-9-14-18)19(16-21-22)17-11-6-4-7-12-17/h4-9,11-14,16H,2-3,10,15H2,1H3. The Balaban J connectivity index is 2.04. The fraction of sp³-hybridized carbons (Fsp3) is 0.250. The lowest BCUT2D eigenvalue weighted by molar-refractivity contribution is 0.558. The van der Waals surface area contributed by atoms with E-state index in [0.29, 0.717) is 0 Å². The molecule has 2 heteroatoms. The summed E-state index contributed by atoms with van der Waals surface area (Å²) in [5, 5.41) is 4.66. The average Bonchev–Trinajstić information content (AvgIpc) is 3.01. The van der Waals surface area contributed by atoms with Crippen LogP contribution in [0, 0.1) is 0 Å². The maximum atomic E-state index is 4.66. The topological polar surface area (TPSA) is 17.8 Å². The molecule has 3 aromatic rings. The van der Waals surface area contributed by atoms with Gasteiger partial charge in [-0.2, -0.15) is 5.10 Å². The summed E-state index contributed by atoms with van der Waals surface area (Å²) in [6, 6.07) is 21.1. The minimum Gasteiger partial charge on any atom is -0.264 e. The van der Waals surface area contributed by atoms with E-state index in [1.54, 1.807) is 0 Å². The maximum Gasteiger partial charge on any atom is 0.0760 e. The fourth-order valence-corrected chi connectivity index (χ4v) is 2.80. The molecule has 0 bridgehead atoms. The second-order valence-electron chi connectivity index (χ2n) is 5.57. The molecule has 22 heavy (non-hydrogen) atoms. The van der Waals surface area contributed by atoms with Gasteiger partial charge in [0, 0.05) is 17.7 Å². The van der Waals surface area contributed by atoms with Crippen molar-refractivity contribution in [2.24, 2.45) is 0 Å². The number of benzene rings is 2. The minimum atomic E-state index is 0.977. The zero-order chi connectivity index (χ0) is 15.2. The fourth-order valence-electron chi connectivity index (χ4n) is 2.80. The van der Waals surface area contributed by atoms with Gasteiger partial charge in [0.05, 0.1) is 11.9 Å². The minimum absolute atomic E-state index is 0.977. The van der Waals surface area contributed by atoms with Crippen LogP contribution in [0.15, 0.2) is 66.9 Å². The molecule has 0 aliphatic carbocycles. The Bertz CT molecular complexity index is 699. The first-order valence-corrected chi connectivity index (χ1v) is 8.07. The first-order chi connectivity index (χ1) is 10.9. The number of aromatic nitrogens is 2. The molecule has 0 spiro atoms. The van der Waals surface area contributed by atoms with E-state index in [9.17, 15) is 0 Å². The molecule has 112 valence electrons. The molecule has 0 aliphatic heterocycles.